The molecule has 9 heteroatoms. The van der Waals surface area contributed by atoms with Gasteiger partial charge in [-0.3, -0.25) is 5.10 Å². The number of hydrogen-bond acceptors (Lipinski definition) is 4. The number of aromatic nitrogens is 2. The van der Waals surface area contributed by atoms with Gasteiger partial charge in [-0.05, 0) is 18.2 Å². The van der Waals surface area contributed by atoms with Crippen LogP contribution in [0.2, 0.25) is 0 Å². The molecule has 0 spiro atoms. The van der Waals surface area contributed by atoms with E-state index in [0.717, 1.165) is 18.2 Å². The van der Waals surface area contributed by atoms with Crippen LogP contribution in [0.1, 0.15) is 11.1 Å². The molecule has 0 amide bonds. The average molecular weight is 314 g/mol. The molecule has 0 aliphatic heterocycles. The fourth-order valence-electron chi connectivity index (χ4n) is 1.50. The Hall–Kier alpha value is -1.84. The minimum Gasteiger partial charge on any atom is -0.389 e. The van der Waals surface area contributed by atoms with Crippen molar-refractivity contribution in [1.82, 2.24) is 14.9 Å². The van der Waals surface area contributed by atoms with Crippen LogP contribution in [0.3, 0.4) is 0 Å². The van der Waals surface area contributed by atoms with Gasteiger partial charge in [-0.2, -0.15) is 5.10 Å². The number of halogens is 1. The first-order valence-corrected chi connectivity index (χ1v) is 7.36. The van der Waals surface area contributed by atoms with Gasteiger partial charge >= 0.3 is 0 Å². The maximum Gasteiger partial charge on any atom is 0.240 e. The van der Waals surface area contributed by atoms with E-state index >= 15 is 0 Å². The average Bonchev–Trinajstić information content (AvgIpc) is 2.89. The molecule has 20 heavy (non-hydrogen) atoms. The van der Waals surface area contributed by atoms with E-state index in [1.807, 2.05) is 0 Å². The van der Waals surface area contributed by atoms with Crippen molar-refractivity contribution in [2.45, 2.75) is 11.4 Å². The van der Waals surface area contributed by atoms with Crippen LogP contribution in [0.15, 0.2) is 35.5 Å². The molecule has 1 aromatic carbocycles. The third-order valence-electron chi connectivity index (χ3n) is 2.53. The summed E-state index contributed by atoms with van der Waals surface area (Å²) in [5, 5.41) is 6.27. The molecule has 1 heterocycles. The Bertz CT molecular complexity index is 729. The number of H-pyrrole nitrogens is 1. The zero-order chi connectivity index (χ0) is 14.8. The maximum absolute atomic E-state index is 13.4. The molecule has 0 fully saturated rings. The van der Waals surface area contributed by atoms with Crippen LogP contribution >= 0.6 is 12.2 Å². The summed E-state index contributed by atoms with van der Waals surface area (Å²) in [6.45, 7) is 0.0681. The van der Waals surface area contributed by atoms with Crippen molar-refractivity contribution in [2.24, 2.45) is 5.73 Å². The number of thiocarbonyl (C=S) groups is 1. The summed E-state index contributed by atoms with van der Waals surface area (Å²) in [5.41, 5.74) is 5.91. The lowest BCUT2D eigenvalue weighted by Crippen LogP contribution is -2.24. The Morgan fingerprint density at radius 2 is 2.25 bits per heavy atom. The van der Waals surface area contributed by atoms with E-state index in [2.05, 4.69) is 27.1 Å². The number of rotatable bonds is 5. The van der Waals surface area contributed by atoms with Crippen molar-refractivity contribution in [1.29, 1.82) is 0 Å². The summed E-state index contributed by atoms with van der Waals surface area (Å²) < 4.78 is 39.9. The number of nitrogens with zero attached hydrogens (tertiary/aromatic N) is 1. The van der Waals surface area contributed by atoms with Gasteiger partial charge < -0.3 is 5.73 Å². The normalized spacial score (nSPS) is 11.4. The molecular weight excluding hydrogens is 303 g/mol. The van der Waals surface area contributed by atoms with Crippen molar-refractivity contribution in [3.8, 4) is 0 Å². The highest BCUT2D eigenvalue weighted by molar-refractivity contribution is 7.89. The second-order valence-electron chi connectivity index (χ2n) is 3.94. The van der Waals surface area contributed by atoms with E-state index in [0.29, 0.717) is 5.56 Å². The molecule has 0 aliphatic carbocycles. The van der Waals surface area contributed by atoms with Gasteiger partial charge in [-0.25, -0.2) is 17.5 Å². The summed E-state index contributed by atoms with van der Waals surface area (Å²) in [7, 11) is -3.78. The lowest BCUT2D eigenvalue weighted by molar-refractivity contribution is 0.580. The number of hydrogen-bond donors (Lipinski definition) is 3. The smallest absolute Gasteiger partial charge is 0.240 e. The Kier molecular flexibility index (Phi) is 4.12. The summed E-state index contributed by atoms with van der Waals surface area (Å²) in [4.78, 5) is -0.306. The first-order valence-electron chi connectivity index (χ1n) is 5.47. The molecule has 0 radical (unpaired) electrons. The third kappa shape index (κ3) is 3.18. The monoisotopic (exact) mass is 314 g/mol. The maximum atomic E-state index is 13.4. The topological polar surface area (TPSA) is 101 Å². The molecule has 1 aromatic heterocycles. The zero-order valence-corrected chi connectivity index (χ0v) is 11.8. The highest BCUT2D eigenvalue weighted by Crippen LogP contribution is 2.15. The van der Waals surface area contributed by atoms with E-state index in [1.165, 1.54) is 6.20 Å². The molecule has 0 saturated heterocycles. The largest absolute Gasteiger partial charge is 0.389 e. The first-order chi connectivity index (χ1) is 9.40. The summed E-state index contributed by atoms with van der Waals surface area (Å²) >= 11 is 4.67. The van der Waals surface area contributed by atoms with Gasteiger partial charge in [-0.1, -0.05) is 12.2 Å². The Morgan fingerprint density at radius 1 is 1.50 bits per heavy atom. The molecule has 0 unspecified atom stereocenters. The third-order valence-corrected chi connectivity index (χ3v) is 4.15. The van der Waals surface area contributed by atoms with Crippen LogP contribution in [0, 0.1) is 5.82 Å². The Labute approximate surface area is 120 Å². The number of sulfonamides is 1. The standard InChI is InChI=1S/C11H11FN4O2S2/c12-10-2-1-8(3-9(10)11(13)19)20(17,18)16-6-7-4-14-15-5-7/h1-5,16H,6H2,(H2,13,19)(H,14,15). The molecule has 0 saturated carbocycles. The van der Waals surface area contributed by atoms with Crippen molar-refractivity contribution < 1.29 is 12.8 Å². The Balaban J connectivity index is 2.25. The molecule has 2 aromatic rings. The van der Waals surface area contributed by atoms with E-state index in [1.54, 1.807) is 6.20 Å². The minimum atomic E-state index is -3.78. The van der Waals surface area contributed by atoms with Crippen molar-refractivity contribution in [2.75, 3.05) is 0 Å². The molecule has 2 rings (SSSR count). The molecule has 0 atom stereocenters. The number of aromatic amines is 1. The number of nitrogens with two attached hydrogens (primary N) is 1. The highest BCUT2D eigenvalue weighted by atomic mass is 32.2. The summed E-state index contributed by atoms with van der Waals surface area (Å²) in [6, 6.07) is 3.27. The van der Waals surface area contributed by atoms with Crippen LogP contribution < -0.4 is 10.5 Å². The molecule has 4 N–H and O–H groups in total. The second-order valence-corrected chi connectivity index (χ2v) is 6.14. The van der Waals surface area contributed by atoms with Crippen LogP contribution in [0.4, 0.5) is 4.39 Å². The van der Waals surface area contributed by atoms with E-state index < -0.39 is 15.8 Å². The van der Waals surface area contributed by atoms with Crippen LogP contribution in [-0.4, -0.2) is 23.6 Å². The number of benzene rings is 1. The van der Waals surface area contributed by atoms with Crippen LogP contribution in [0.25, 0.3) is 0 Å². The lowest BCUT2D eigenvalue weighted by Gasteiger charge is -2.08. The molecule has 106 valence electrons. The first kappa shape index (κ1) is 14.6. The lowest BCUT2D eigenvalue weighted by atomic mass is 10.2. The minimum absolute atomic E-state index is 0.0681. The molecule has 6 nitrogen and oxygen atoms in total. The fraction of sp³-hybridized carbons (Fsp3) is 0.0909. The van der Waals surface area contributed by atoms with Crippen molar-refractivity contribution in [3.63, 3.8) is 0 Å². The van der Waals surface area contributed by atoms with E-state index in [4.69, 9.17) is 5.73 Å². The van der Waals surface area contributed by atoms with Gasteiger partial charge in [0.05, 0.1) is 11.1 Å². The Morgan fingerprint density at radius 3 is 2.85 bits per heavy atom. The van der Waals surface area contributed by atoms with Crippen LogP contribution in [-0.2, 0) is 16.6 Å². The number of nitrogens with one attached hydrogen (secondary N) is 2. The van der Waals surface area contributed by atoms with Crippen molar-refractivity contribution in [3.05, 3.63) is 47.5 Å². The van der Waals surface area contributed by atoms with Gasteiger partial charge in [0.25, 0.3) is 0 Å². The molecule has 0 bridgehead atoms. The zero-order valence-electron chi connectivity index (χ0n) is 10.1. The van der Waals surface area contributed by atoms with Gasteiger partial charge in [0.1, 0.15) is 10.8 Å². The summed E-state index contributed by atoms with van der Waals surface area (Å²) in [6.07, 6.45) is 3.06. The van der Waals surface area contributed by atoms with Gasteiger partial charge in [0.15, 0.2) is 0 Å². The predicted octanol–water partition coefficient (Wildman–Crippen LogP) is 0.661. The predicted molar refractivity (Wildman–Crippen MR) is 74.9 cm³/mol. The van der Waals surface area contributed by atoms with E-state index in [-0.39, 0.29) is 22.0 Å². The molecule has 0 aliphatic rings. The van der Waals surface area contributed by atoms with Gasteiger partial charge in [0.2, 0.25) is 10.0 Å². The molecular formula is C11H11FN4O2S2. The fourth-order valence-corrected chi connectivity index (χ4v) is 2.70. The summed E-state index contributed by atoms with van der Waals surface area (Å²) in [5.74, 6) is -0.661. The van der Waals surface area contributed by atoms with Gasteiger partial charge in [0, 0.05) is 23.9 Å². The van der Waals surface area contributed by atoms with E-state index in [9.17, 15) is 12.8 Å². The van der Waals surface area contributed by atoms with Crippen molar-refractivity contribution >= 4 is 27.2 Å². The highest BCUT2D eigenvalue weighted by Gasteiger charge is 2.17. The van der Waals surface area contributed by atoms with Gasteiger partial charge in [-0.15, -0.1) is 0 Å². The quantitative estimate of drug-likeness (QED) is 0.704. The second kappa shape index (κ2) is 5.65. The SMILES string of the molecule is NC(=S)c1cc(S(=O)(=O)NCc2cn[nH]c2)ccc1F. The van der Waals surface area contributed by atoms with Crippen LogP contribution in [0.5, 0.6) is 0 Å².